The molecule has 66 valence electrons. The third-order valence-corrected chi connectivity index (χ3v) is 2.26. The summed E-state index contributed by atoms with van der Waals surface area (Å²) in [6, 6.07) is 3.57. The van der Waals surface area contributed by atoms with Crippen molar-refractivity contribution in [3.63, 3.8) is 0 Å². The maximum Gasteiger partial charge on any atom is 0.250 e. The third-order valence-electron chi connectivity index (χ3n) is 2.26. The van der Waals surface area contributed by atoms with E-state index < -0.39 is 0 Å². The Hall–Kier alpha value is -1.05. The summed E-state index contributed by atoms with van der Waals surface area (Å²) in [5, 5.41) is 0. The minimum absolute atomic E-state index is 0.104. The van der Waals surface area contributed by atoms with Crippen molar-refractivity contribution >= 4 is 0 Å². The van der Waals surface area contributed by atoms with Crippen LogP contribution in [0.3, 0.4) is 0 Å². The number of hydrogen-bond donors (Lipinski definition) is 0. The van der Waals surface area contributed by atoms with Crippen molar-refractivity contribution in [3.8, 4) is 0 Å². The highest BCUT2D eigenvalue weighted by Crippen LogP contribution is 2.04. The van der Waals surface area contributed by atoms with Crippen molar-refractivity contribution in [1.82, 2.24) is 4.57 Å². The molecule has 0 aliphatic carbocycles. The van der Waals surface area contributed by atoms with Crippen molar-refractivity contribution in [2.75, 3.05) is 0 Å². The zero-order valence-electron chi connectivity index (χ0n) is 7.92. The van der Waals surface area contributed by atoms with Crippen LogP contribution in [-0.2, 0) is 13.0 Å². The molecule has 0 fully saturated rings. The molecule has 0 unspecified atom stereocenters. The molecule has 0 aliphatic heterocycles. The van der Waals surface area contributed by atoms with Crippen LogP contribution < -0.4 is 5.56 Å². The molecular weight excluding hydrogens is 150 g/mol. The fourth-order valence-corrected chi connectivity index (χ4v) is 1.49. The second kappa shape index (κ2) is 3.57. The van der Waals surface area contributed by atoms with Crippen LogP contribution in [0.25, 0.3) is 0 Å². The van der Waals surface area contributed by atoms with Crippen molar-refractivity contribution in [2.24, 2.45) is 0 Å². The summed E-state index contributed by atoms with van der Waals surface area (Å²) in [6.45, 7) is 6.86. The van der Waals surface area contributed by atoms with E-state index >= 15 is 0 Å². The average Bonchev–Trinajstić information content (AvgIpc) is 2.06. The molecule has 1 aromatic rings. The van der Waals surface area contributed by atoms with Crippen LogP contribution in [0.4, 0.5) is 0 Å². The molecule has 0 N–H and O–H groups in total. The Morgan fingerprint density at radius 1 is 1.33 bits per heavy atom. The molecule has 1 rings (SSSR count). The molecule has 12 heavy (non-hydrogen) atoms. The van der Waals surface area contributed by atoms with Gasteiger partial charge >= 0.3 is 0 Å². The molecule has 0 amide bonds. The lowest BCUT2D eigenvalue weighted by molar-refractivity contribution is 0.691. The van der Waals surface area contributed by atoms with Gasteiger partial charge in [-0.2, -0.15) is 0 Å². The van der Waals surface area contributed by atoms with Gasteiger partial charge in [-0.25, -0.2) is 0 Å². The first-order chi connectivity index (χ1) is 5.70. The molecule has 0 bridgehead atoms. The van der Waals surface area contributed by atoms with Crippen LogP contribution in [0.5, 0.6) is 0 Å². The monoisotopic (exact) mass is 165 g/mol. The van der Waals surface area contributed by atoms with E-state index in [1.54, 1.807) is 10.6 Å². The quantitative estimate of drug-likeness (QED) is 0.654. The number of rotatable bonds is 2. The third kappa shape index (κ3) is 1.42. The highest BCUT2D eigenvalue weighted by atomic mass is 16.1. The van der Waals surface area contributed by atoms with E-state index in [1.165, 1.54) is 5.56 Å². The van der Waals surface area contributed by atoms with Crippen molar-refractivity contribution < 1.29 is 0 Å². The minimum Gasteiger partial charge on any atom is -0.313 e. The first-order valence-corrected chi connectivity index (χ1v) is 4.40. The van der Waals surface area contributed by atoms with E-state index in [4.69, 9.17) is 0 Å². The topological polar surface area (TPSA) is 22.0 Å². The van der Waals surface area contributed by atoms with E-state index in [0.29, 0.717) is 0 Å². The van der Waals surface area contributed by atoms with Gasteiger partial charge in [0.2, 0.25) is 0 Å². The van der Waals surface area contributed by atoms with Crippen LogP contribution >= 0.6 is 0 Å². The normalized spacial score (nSPS) is 10.2. The molecule has 2 heteroatoms. The Kier molecular flexibility index (Phi) is 2.69. The molecule has 0 saturated carbocycles. The fourth-order valence-electron chi connectivity index (χ4n) is 1.49. The summed E-state index contributed by atoms with van der Waals surface area (Å²) in [7, 11) is 0. The van der Waals surface area contributed by atoms with Gasteiger partial charge in [0, 0.05) is 18.3 Å². The summed E-state index contributed by atoms with van der Waals surface area (Å²) in [5.74, 6) is 0. The molecule has 0 aromatic carbocycles. The van der Waals surface area contributed by atoms with Crippen molar-refractivity contribution in [3.05, 3.63) is 33.7 Å². The number of aromatic nitrogens is 1. The van der Waals surface area contributed by atoms with Gasteiger partial charge in [-0.05, 0) is 25.8 Å². The van der Waals surface area contributed by atoms with Crippen LogP contribution in [0.15, 0.2) is 16.9 Å². The zero-order valence-corrected chi connectivity index (χ0v) is 7.92. The van der Waals surface area contributed by atoms with E-state index in [-0.39, 0.29) is 5.56 Å². The van der Waals surface area contributed by atoms with Gasteiger partial charge in [-0.15, -0.1) is 0 Å². The molecule has 1 aromatic heterocycles. The van der Waals surface area contributed by atoms with Crippen LogP contribution in [0.2, 0.25) is 0 Å². The smallest absolute Gasteiger partial charge is 0.250 e. The van der Waals surface area contributed by atoms with Gasteiger partial charge < -0.3 is 4.57 Å². The van der Waals surface area contributed by atoms with Crippen LogP contribution in [0, 0.1) is 6.92 Å². The Labute approximate surface area is 72.8 Å². The lowest BCUT2D eigenvalue weighted by Crippen LogP contribution is -2.21. The predicted octanol–water partition coefficient (Wildman–Crippen LogP) is 1.74. The maximum atomic E-state index is 11.3. The highest BCUT2D eigenvalue weighted by molar-refractivity contribution is 5.19. The summed E-state index contributed by atoms with van der Waals surface area (Å²) >= 11 is 0. The first-order valence-electron chi connectivity index (χ1n) is 4.40. The van der Waals surface area contributed by atoms with Crippen LogP contribution in [-0.4, -0.2) is 4.57 Å². The van der Waals surface area contributed by atoms with E-state index in [2.05, 4.69) is 6.92 Å². The van der Waals surface area contributed by atoms with Crippen molar-refractivity contribution in [2.45, 2.75) is 33.7 Å². The summed E-state index contributed by atoms with van der Waals surface area (Å²) in [6.07, 6.45) is 0.992. The molecule has 0 aliphatic rings. The molecule has 0 saturated heterocycles. The van der Waals surface area contributed by atoms with Gasteiger partial charge in [0.1, 0.15) is 0 Å². The first kappa shape index (κ1) is 9.04. The molecular formula is C10H15NO. The van der Waals surface area contributed by atoms with Gasteiger partial charge in [-0.1, -0.05) is 13.0 Å². The second-order valence-corrected chi connectivity index (χ2v) is 2.88. The number of pyridine rings is 1. The minimum atomic E-state index is 0.104. The molecule has 2 nitrogen and oxygen atoms in total. The number of hydrogen-bond acceptors (Lipinski definition) is 1. The maximum absolute atomic E-state index is 11.3. The Morgan fingerprint density at radius 3 is 2.50 bits per heavy atom. The number of nitrogens with zero attached hydrogens (tertiary/aromatic N) is 1. The van der Waals surface area contributed by atoms with Gasteiger partial charge in [0.05, 0.1) is 0 Å². The van der Waals surface area contributed by atoms with E-state index in [9.17, 15) is 4.79 Å². The summed E-state index contributed by atoms with van der Waals surface area (Å²) in [5.41, 5.74) is 2.47. The van der Waals surface area contributed by atoms with Gasteiger partial charge in [0.15, 0.2) is 0 Å². The summed E-state index contributed by atoms with van der Waals surface area (Å²) < 4.78 is 1.80. The Balaban J connectivity index is 3.34. The fraction of sp³-hybridized carbons (Fsp3) is 0.500. The standard InChI is InChI=1S/C10H15NO/c1-4-9-6-7-10(12)11(5-2)8(9)3/h6-7H,4-5H2,1-3H3. The molecule has 1 heterocycles. The average molecular weight is 165 g/mol. The van der Waals surface area contributed by atoms with Gasteiger partial charge in [-0.3, -0.25) is 4.79 Å². The Morgan fingerprint density at radius 2 is 2.00 bits per heavy atom. The SMILES string of the molecule is CCc1ccc(=O)n(CC)c1C. The van der Waals surface area contributed by atoms with E-state index in [0.717, 1.165) is 18.7 Å². The lowest BCUT2D eigenvalue weighted by atomic mass is 10.1. The number of aryl methyl sites for hydroxylation is 1. The van der Waals surface area contributed by atoms with Crippen LogP contribution in [0.1, 0.15) is 25.1 Å². The Bertz CT molecular complexity index is 325. The zero-order chi connectivity index (χ0) is 9.14. The molecule has 0 spiro atoms. The summed E-state index contributed by atoms with van der Waals surface area (Å²) in [4.78, 5) is 11.3. The predicted molar refractivity (Wildman–Crippen MR) is 50.5 cm³/mol. The lowest BCUT2D eigenvalue weighted by Gasteiger charge is -2.09. The highest BCUT2D eigenvalue weighted by Gasteiger charge is 2.01. The molecule has 0 atom stereocenters. The van der Waals surface area contributed by atoms with E-state index in [1.807, 2.05) is 19.9 Å². The largest absolute Gasteiger partial charge is 0.313 e. The molecule has 0 radical (unpaired) electrons. The van der Waals surface area contributed by atoms with Gasteiger partial charge in [0.25, 0.3) is 5.56 Å². The van der Waals surface area contributed by atoms with Crippen molar-refractivity contribution in [1.29, 1.82) is 0 Å². The second-order valence-electron chi connectivity index (χ2n) is 2.88.